The second kappa shape index (κ2) is 4.38. The predicted molar refractivity (Wildman–Crippen MR) is 62.3 cm³/mol. The number of aromatic nitrogens is 4. The summed E-state index contributed by atoms with van der Waals surface area (Å²) in [4.78, 5) is 18.8. The van der Waals surface area contributed by atoms with Crippen LogP contribution in [0.15, 0.2) is 18.7 Å². The van der Waals surface area contributed by atoms with E-state index in [0.717, 1.165) is 5.69 Å². The second-order valence-electron chi connectivity index (χ2n) is 3.82. The van der Waals surface area contributed by atoms with Gasteiger partial charge < -0.3 is 16.5 Å². The quantitative estimate of drug-likeness (QED) is 0.674. The second-order valence-corrected chi connectivity index (χ2v) is 3.82. The van der Waals surface area contributed by atoms with Gasteiger partial charge >= 0.3 is 0 Å². The smallest absolute Gasteiger partial charge is 0.264 e. The van der Waals surface area contributed by atoms with Crippen LogP contribution in [0.25, 0.3) is 0 Å². The van der Waals surface area contributed by atoms with Crippen LogP contribution in [0.5, 0.6) is 0 Å². The molecular formula is C10H14N6O. The van der Waals surface area contributed by atoms with Gasteiger partial charge in [-0.1, -0.05) is 0 Å². The summed E-state index contributed by atoms with van der Waals surface area (Å²) >= 11 is 0. The highest BCUT2D eigenvalue weighted by Gasteiger charge is 2.19. The van der Waals surface area contributed by atoms with Gasteiger partial charge in [0.05, 0.1) is 29.9 Å². The highest BCUT2D eigenvalue weighted by atomic mass is 16.2. The minimum Gasteiger partial charge on any atom is -0.396 e. The molecule has 0 aromatic carbocycles. The van der Waals surface area contributed by atoms with Crippen LogP contribution in [0, 0.1) is 6.92 Å². The van der Waals surface area contributed by atoms with Crippen LogP contribution in [0.4, 0.5) is 5.69 Å². The fraction of sp³-hybridized carbons (Fsp3) is 0.300. The summed E-state index contributed by atoms with van der Waals surface area (Å²) < 4.78 is 1.23. The molecule has 5 N–H and O–H groups in total. The molecule has 0 bridgehead atoms. The summed E-state index contributed by atoms with van der Waals surface area (Å²) in [6, 6.07) is -0.673. The number of imidazole rings is 1. The monoisotopic (exact) mass is 234 g/mol. The molecule has 0 saturated carbocycles. The third kappa shape index (κ3) is 2.18. The van der Waals surface area contributed by atoms with Gasteiger partial charge in [-0.3, -0.25) is 4.79 Å². The van der Waals surface area contributed by atoms with E-state index in [2.05, 4.69) is 15.1 Å². The molecule has 0 radical (unpaired) electrons. The molecule has 7 heteroatoms. The largest absolute Gasteiger partial charge is 0.396 e. The van der Waals surface area contributed by atoms with Crippen molar-refractivity contribution in [2.45, 2.75) is 19.4 Å². The molecule has 2 aromatic rings. The van der Waals surface area contributed by atoms with Crippen LogP contribution >= 0.6 is 0 Å². The Bertz CT molecular complexity index is 515. The summed E-state index contributed by atoms with van der Waals surface area (Å²) in [6.07, 6.45) is 5.01. The van der Waals surface area contributed by atoms with Crippen LogP contribution < -0.4 is 11.5 Å². The molecule has 0 unspecified atom stereocenters. The average molecular weight is 234 g/mol. The molecule has 17 heavy (non-hydrogen) atoms. The molecule has 2 rings (SSSR count). The first-order chi connectivity index (χ1) is 8.09. The number of hydrogen-bond donors (Lipinski definition) is 3. The highest BCUT2D eigenvalue weighted by molar-refractivity contribution is 5.84. The molecule has 0 spiro atoms. The molecule has 0 aliphatic heterocycles. The molecule has 0 aliphatic carbocycles. The van der Waals surface area contributed by atoms with Gasteiger partial charge in [-0.25, -0.2) is 9.67 Å². The van der Waals surface area contributed by atoms with Gasteiger partial charge in [-0.05, 0) is 6.92 Å². The zero-order chi connectivity index (χ0) is 12.4. The first-order valence-corrected chi connectivity index (χ1v) is 5.16. The molecular weight excluding hydrogens is 220 g/mol. The minimum absolute atomic E-state index is 0.284. The van der Waals surface area contributed by atoms with Gasteiger partial charge in [0.15, 0.2) is 0 Å². The highest BCUT2D eigenvalue weighted by Crippen LogP contribution is 2.09. The van der Waals surface area contributed by atoms with Crippen LogP contribution in [0.3, 0.4) is 0 Å². The Morgan fingerprint density at radius 2 is 2.35 bits per heavy atom. The SMILES string of the molecule is Cc1c(N)cnn1C(=O)[C@@H](N)Cc1cnc[nH]1. The Hall–Kier alpha value is -2.15. The Kier molecular flexibility index (Phi) is 2.92. The number of nitrogens with zero attached hydrogens (tertiary/aromatic N) is 3. The van der Waals surface area contributed by atoms with Gasteiger partial charge in [0.1, 0.15) is 0 Å². The molecule has 0 amide bonds. The third-order valence-electron chi connectivity index (χ3n) is 2.57. The van der Waals surface area contributed by atoms with Gasteiger partial charge in [-0.2, -0.15) is 5.10 Å². The summed E-state index contributed by atoms with van der Waals surface area (Å²) in [6.45, 7) is 1.73. The molecule has 2 heterocycles. The lowest BCUT2D eigenvalue weighted by Gasteiger charge is -2.10. The van der Waals surface area contributed by atoms with E-state index < -0.39 is 6.04 Å². The standard InChI is InChI=1S/C10H14N6O/c1-6-9(12)4-15-16(6)10(17)8(11)2-7-3-13-5-14-7/h3-5,8H,2,11-12H2,1H3,(H,13,14)/t8-/m0/s1. The number of aromatic amines is 1. The topological polar surface area (TPSA) is 116 Å². The van der Waals surface area contributed by atoms with Crippen molar-refractivity contribution in [3.63, 3.8) is 0 Å². The normalized spacial score (nSPS) is 12.6. The number of carbonyl (C=O) groups excluding carboxylic acids is 1. The summed E-state index contributed by atoms with van der Waals surface area (Å²) in [5, 5.41) is 3.90. The molecule has 90 valence electrons. The van der Waals surface area contributed by atoms with E-state index in [-0.39, 0.29) is 5.91 Å². The van der Waals surface area contributed by atoms with Crippen molar-refractivity contribution in [3.05, 3.63) is 30.1 Å². The van der Waals surface area contributed by atoms with Gasteiger partial charge in [0, 0.05) is 18.3 Å². The summed E-state index contributed by atoms with van der Waals surface area (Å²) in [7, 11) is 0. The number of nitrogens with one attached hydrogen (secondary N) is 1. The fourth-order valence-corrected chi connectivity index (χ4v) is 1.52. The number of hydrogen-bond acceptors (Lipinski definition) is 5. The van der Waals surface area contributed by atoms with Gasteiger partial charge in [0.25, 0.3) is 5.91 Å². The first kappa shape index (κ1) is 11.3. The van der Waals surface area contributed by atoms with Crippen LogP contribution in [-0.4, -0.2) is 31.7 Å². The lowest BCUT2D eigenvalue weighted by Crippen LogP contribution is -2.37. The van der Waals surface area contributed by atoms with E-state index in [9.17, 15) is 4.79 Å². The maximum Gasteiger partial charge on any atom is 0.264 e. The maximum atomic E-state index is 12.0. The lowest BCUT2D eigenvalue weighted by atomic mass is 10.1. The van der Waals surface area contributed by atoms with Crippen molar-refractivity contribution in [1.29, 1.82) is 0 Å². The molecule has 0 fully saturated rings. The maximum absolute atomic E-state index is 12.0. The van der Waals surface area contributed by atoms with Gasteiger partial charge in [-0.15, -0.1) is 0 Å². The van der Waals surface area contributed by atoms with E-state index in [1.165, 1.54) is 10.9 Å². The fourth-order valence-electron chi connectivity index (χ4n) is 1.52. The summed E-state index contributed by atoms with van der Waals surface area (Å²) in [5.41, 5.74) is 13.3. The van der Waals surface area contributed by atoms with Crippen molar-refractivity contribution in [2.24, 2.45) is 5.73 Å². The van der Waals surface area contributed by atoms with E-state index in [1.54, 1.807) is 19.4 Å². The van der Waals surface area contributed by atoms with Crippen molar-refractivity contribution < 1.29 is 4.79 Å². The molecule has 7 nitrogen and oxygen atoms in total. The van der Waals surface area contributed by atoms with E-state index in [0.29, 0.717) is 17.8 Å². The number of nitrogens with two attached hydrogens (primary N) is 2. The Balaban J connectivity index is 2.12. The zero-order valence-corrected chi connectivity index (χ0v) is 9.42. The first-order valence-electron chi connectivity index (χ1n) is 5.16. The van der Waals surface area contributed by atoms with Crippen LogP contribution in [0.2, 0.25) is 0 Å². The summed E-state index contributed by atoms with van der Waals surface area (Å²) in [5.74, 6) is -0.284. The molecule has 0 aliphatic rings. The number of rotatable bonds is 3. The Morgan fingerprint density at radius 3 is 2.88 bits per heavy atom. The van der Waals surface area contributed by atoms with E-state index in [4.69, 9.17) is 11.5 Å². The molecule has 2 aromatic heterocycles. The number of nitrogen functional groups attached to an aromatic ring is 1. The lowest BCUT2D eigenvalue weighted by molar-refractivity contribution is 0.0860. The zero-order valence-electron chi connectivity index (χ0n) is 9.42. The number of carbonyl (C=O) groups is 1. The number of anilines is 1. The van der Waals surface area contributed by atoms with Crippen molar-refractivity contribution in [2.75, 3.05) is 5.73 Å². The number of H-pyrrole nitrogens is 1. The molecule has 1 atom stereocenters. The van der Waals surface area contributed by atoms with E-state index in [1.807, 2.05) is 0 Å². The van der Waals surface area contributed by atoms with Crippen molar-refractivity contribution in [3.8, 4) is 0 Å². The predicted octanol–water partition coefficient (Wildman–Crippen LogP) is -0.293. The van der Waals surface area contributed by atoms with Crippen molar-refractivity contribution >= 4 is 11.6 Å². The average Bonchev–Trinajstić information content (AvgIpc) is 2.90. The molecule has 0 saturated heterocycles. The third-order valence-corrected chi connectivity index (χ3v) is 2.57. The van der Waals surface area contributed by atoms with Crippen molar-refractivity contribution in [1.82, 2.24) is 19.7 Å². The van der Waals surface area contributed by atoms with Crippen LogP contribution in [0.1, 0.15) is 16.2 Å². The van der Waals surface area contributed by atoms with Crippen LogP contribution in [-0.2, 0) is 6.42 Å². The van der Waals surface area contributed by atoms with E-state index >= 15 is 0 Å². The van der Waals surface area contributed by atoms with Gasteiger partial charge in [0.2, 0.25) is 0 Å². The Labute approximate surface area is 97.8 Å². The minimum atomic E-state index is -0.673. The Morgan fingerprint density at radius 1 is 1.59 bits per heavy atom.